The summed E-state index contributed by atoms with van der Waals surface area (Å²) in [4.78, 5) is 9.97. The van der Waals surface area contributed by atoms with Crippen molar-refractivity contribution in [3.8, 4) is 0 Å². The molecular formula is C7H9O2-. The van der Waals surface area contributed by atoms with Crippen molar-refractivity contribution < 1.29 is 9.90 Å². The lowest BCUT2D eigenvalue weighted by Gasteiger charge is -2.02. The van der Waals surface area contributed by atoms with Crippen LogP contribution in [0.4, 0.5) is 0 Å². The van der Waals surface area contributed by atoms with Crippen LogP contribution in [-0.4, -0.2) is 5.97 Å². The molecule has 0 aromatic carbocycles. The molecule has 1 aliphatic carbocycles. The Labute approximate surface area is 54.2 Å². The first kappa shape index (κ1) is 6.33. The van der Waals surface area contributed by atoms with Crippen LogP contribution in [0.5, 0.6) is 0 Å². The predicted octanol–water partition coefficient (Wildman–Crippen LogP) is 0.0926. The van der Waals surface area contributed by atoms with Crippen molar-refractivity contribution in [3.63, 3.8) is 0 Å². The molecule has 0 unspecified atom stereocenters. The van der Waals surface area contributed by atoms with Gasteiger partial charge in [0.2, 0.25) is 0 Å². The van der Waals surface area contributed by atoms with Gasteiger partial charge in [0.15, 0.2) is 0 Å². The van der Waals surface area contributed by atoms with Gasteiger partial charge in [0.05, 0.1) is 0 Å². The van der Waals surface area contributed by atoms with Gasteiger partial charge in [0.25, 0.3) is 0 Å². The zero-order valence-electron chi connectivity index (χ0n) is 5.22. The highest BCUT2D eigenvalue weighted by atomic mass is 16.4. The highest BCUT2D eigenvalue weighted by Gasteiger charge is 2.23. The molecule has 0 amide bonds. The first-order chi connectivity index (χ1) is 4.20. The van der Waals surface area contributed by atoms with Crippen LogP contribution in [0.1, 0.15) is 19.3 Å². The van der Waals surface area contributed by atoms with Crippen LogP contribution in [0.2, 0.25) is 0 Å². The molecule has 0 aromatic rings. The van der Waals surface area contributed by atoms with Crippen molar-refractivity contribution >= 4 is 5.97 Å². The molecule has 1 rings (SSSR count). The maximum absolute atomic E-state index is 9.97. The fourth-order valence-electron chi connectivity index (χ4n) is 0.821. The van der Waals surface area contributed by atoms with E-state index < -0.39 is 5.97 Å². The Morgan fingerprint density at radius 2 is 2.22 bits per heavy atom. The molecule has 2 nitrogen and oxygen atoms in total. The molecule has 0 spiro atoms. The van der Waals surface area contributed by atoms with E-state index >= 15 is 0 Å². The summed E-state index contributed by atoms with van der Waals surface area (Å²) in [6.45, 7) is 3.64. The minimum Gasteiger partial charge on any atom is -0.550 e. The van der Waals surface area contributed by atoms with Crippen LogP contribution in [0, 0.1) is 5.92 Å². The lowest BCUT2D eigenvalue weighted by Crippen LogP contribution is -2.22. The third-order valence-corrected chi connectivity index (χ3v) is 1.53. The second-order valence-electron chi connectivity index (χ2n) is 2.48. The monoisotopic (exact) mass is 125 g/mol. The van der Waals surface area contributed by atoms with Crippen molar-refractivity contribution in [2.24, 2.45) is 5.92 Å². The number of rotatable bonds is 3. The van der Waals surface area contributed by atoms with E-state index in [2.05, 4.69) is 6.58 Å². The minimum absolute atomic E-state index is 0.0463. The van der Waals surface area contributed by atoms with Gasteiger partial charge in [-0.25, -0.2) is 0 Å². The van der Waals surface area contributed by atoms with Crippen molar-refractivity contribution in [1.82, 2.24) is 0 Å². The van der Waals surface area contributed by atoms with E-state index in [4.69, 9.17) is 0 Å². The van der Waals surface area contributed by atoms with Crippen LogP contribution in [0.25, 0.3) is 0 Å². The summed E-state index contributed by atoms with van der Waals surface area (Å²) in [5.74, 6) is -0.519. The Hall–Kier alpha value is -0.790. The number of carbonyl (C=O) groups excluding carboxylic acids is 1. The molecule has 2 heteroatoms. The van der Waals surface area contributed by atoms with Gasteiger partial charge in [0, 0.05) is 12.4 Å². The standard InChI is InChI=1S/C7H10O2/c1-5(4-7(8)9)6-2-3-6/h6H,1-4H2,(H,8,9)/p-1. The number of carboxylic acid groups (broad SMARTS) is 1. The molecule has 1 fully saturated rings. The van der Waals surface area contributed by atoms with Crippen molar-refractivity contribution in [3.05, 3.63) is 12.2 Å². The smallest absolute Gasteiger partial charge is 0.0454 e. The number of aliphatic carboxylic acids is 1. The molecule has 0 aromatic heterocycles. The molecule has 9 heavy (non-hydrogen) atoms. The van der Waals surface area contributed by atoms with Crippen LogP contribution in [0.3, 0.4) is 0 Å². The Morgan fingerprint density at radius 1 is 1.67 bits per heavy atom. The van der Waals surface area contributed by atoms with Crippen LogP contribution in [0.15, 0.2) is 12.2 Å². The molecule has 0 atom stereocenters. The van der Waals surface area contributed by atoms with Crippen LogP contribution >= 0.6 is 0 Å². The first-order valence-electron chi connectivity index (χ1n) is 3.07. The zero-order valence-corrected chi connectivity index (χ0v) is 5.22. The van der Waals surface area contributed by atoms with E-state index in [1.54, 1.807) is 0 Å². The molecule has 0 N–H and O–H groups in total. The summed E-state index contributed by atoms with van der Waals surface area (Å²) in [5, 5.41) is 9.97. The van der Waals surface area contributed by atoms with E-state index in [-0.39, 0.29) is 6.42 Å². The van der Waals surface area contributed by atoms with Crippen molar-refractivity contribution in [2.45, 2.75) is 19.3 Å². The van der Waals surface area contributed by atoms with Crippen LogP contribution < -0.4 is 5.11 Å². The Kier molecular flexibility index (Phi) is 1.56. The highest BCUT2D eigenvalue weighted by molar-refractivity contribution is 5.67. The van der Waals surface area contributed by atoms with E-state index in [1.165, 1.54) is 0 Å². The first-order valence-corrected chi connectivity index (χ1v) is 3.07. The molecular weight excluding hydrogens is 116 g/mol. The summed E-state index contributed by atoms with van der Waals surface area (Å²) in [6.07, 6.45) is 2.28. The maximum Gasteiger partial charge on any atom is 0.0454 e. The van der Waals surface area contributed by atoms with Gasteiger partial charge in [-0.15, -0.1) is 0 Å². The number of hydrogen-bond donors (Lipinski definition) is 0. The third kappa shape index (κ3) is 1.88. The van der Waals surface area contributed by atoms with Crippen molar-refractivity contribution in [2.75, 3.05) is 0 Å². The Morgan fingerprint density at radius 3 is 2.56 bits per heavy atom. The fourth-order valence-corrected chi connectivity index (χ4v) is 0.821. The van der Waals surface area contributed by atoms with Gasteiger partial charge in [0.1, 0.15) is 0 Å². The normalized spacial score (nSPS) is 17.3. The summed E-state index contributed by atoms with van der Waals surface area (Å²) in [7, 11) is 0. The molecule has 0 bridgehead atoms. The summed E-state index contributed by atoms with van der Waals surface area (Å²) in [6, 6.07) is 0. The predicted molar refractivity (Wildman–Crippen MR) is 31.5 cm³/mol. The summed E-state index contributed by atoms with van der Waals surface area (Å²) in [5.41, 5.74) is 0.829. The number of carbonyl (C=O) groups is 1. The number of carboxylic acids is 1. The minimum atomic E-state index is -1.01. The summed E-state index contributed by atoms with van der Waals surface area (Å²) < 4.78 is 0. The highest BCUT2D eigenvalue weighted by Crippen LogP contribution is 2.36. The SMILES string of the molecule is C=C(CC(=O)[O-])C1CC1. The van der Waals surface area contributed by atoms with E-state index in [0.717, 1.165) is 18.4 Å². The van der Waals surface area contributed by atoms with Crippen LogP contribution in [-0.2, 0) is 4.79 Å². The fraction of sp³-hybridized carbons (Fsp3) is 0.571. The molecule has 0 heterocycles. The topological polar surface area (TPSA) is 40.1 Å². The van der Waals surface area contributed by atoms with Gasteiger partial charge in [-0.05, 0) is 18.8 Å². The molecule has 0 aliphatic heterocycles. The molecule has 0 saturated heterocycles. The molecule has 1 aliphatic rings. The van der Waals surface area contributed by atoms with Crippen molar-refractivity contribution in [1.29, 1.82) is 0 Å². The Balaban J connectivity index is 2.26. The third-order valence-electron chi connectivity index (χ3n) is 1.53. The van der Waals surface area contributed by atoms with Gasteiger partial charge in [-0.3, -0.25) is 0 Å². The maximum atomic E-state index is 9.97. The van der Waals surface area contributed by atoms with Gasteiger partial charge >= 0.3 is 0 Å². The Bertz CT molecular complexity index is 145. The van der Waals surface area contributed by atoms with Gasteiger partial charge < -0.3 is 9.90 Å². The lowest BCUT2D eigenvalue weighted by atomic mass is 10.1. The van der Waals surface area contributed by atoms with Gasteiger partial charge in [-0.1, -0.05) is 12.2 Å². The second-order valence-corrected chi connectivity index (χ2v) is 2.48. The zero-order chi connectivity index (χ0) is 6.85. The van der Waals surface area contributed by atoms with E-state index in [9.17, 15) is 9.90 Å². The van der Waals surface area contributed by atoms with Gasteiger partial charge in [-0.2, -0.15) is 0 Å². The van der Waals surface area contributed by atoms with E-state index in [1.807, 2.05) is 0 Å². The quantitative estimate of drug-likeness (QED) is 0.501. The average Bonchev–Trinajstić information content (AvgIpc) is 2.40. The molecule has 50 valence electrons. The molecule has 0 radical (unpaired) electrons. The second kappa shape index (κ2) is 2.21. The average molecular weight is 125 g/mol. The molecule has 1 saturated carbocycles. The summed E-state index contributed by atoms with van der Waals surface area (Å²) >= 11 is 0. The number of hydrogen-bond acceptors (Lipinski definition) is 2. The largest absolute Gasteiger partial charge is 0.550 e. The lowest BCUT2D eigenvalue weighted by molar-refractivity contribution is -0.304. The van der Waals surface area contributed by atoms with E-state index in [0.29, 0.717) is 5.92 Å².